The molecule has 1 heterocycles. The number of hydrogen-bond donors (Lipinski definition) is 2. The Labute approximate surface area is 121 Å². The lowest BCUT2D eigenvalue weighted by Crippen LogP contribution is -2.34. The van der Waals surface area contributed by atoms with Crippen LogP contribution in [0, 0.1) is 0 Å². The Morgan fingerprint density at radius 1 is 1.30 bits per heavy atom. The SMILES string of the molecule is COCCNC(=O)CCNCC1CCC2(CCCC2)O1. The fraction of sp³-hybridized carbons (Fsp3) is 0.933. The van der Waals surface area contributed by atoms with Crippen molar-refractivity contribution in [2.75, 3.05) is 33.4 Å². The van der Waals surface area contributed by atoms with Crippen LogP contribution in [0.3, 0.4) is 0 Å². The minimum absolute atomic E-state index is 0.0779. The van der Waals surface area contributed by atoms with Crippen LogP contribution >= 0.6 is 0 Å². The maximum atomic E-state index is 11.5. The van der Waals surface area contributed by atoms with E-state index in [1.807, 2.05) is 0 Å². The number of carbonyl (C=O) groups is 1. The molecule has 5 heteroatoms. The van der Waals surface area contributed by atoms with Crippen LogP contribution < -0.4 is 10.6 Å². The first kappa shape index (κ1) is 15.7. The molecule has 1 saturated carbocycles. The fourth-order valence-electron chi connectivity index (χ4n) is 3.27. The highest BCUT2D eigenvalue weighted by molar-refractivity contribution is 5.75. The average Bonchev–Trinajstić information content (AvgIpc) is 3.06. The van der Waals surface area contributed by atoms with E-state index in [-0.39, 0.29) is 11.5 Å². The third-order valence-electron chi connectivity index (χ3n) is 4.38. The first-order valence-electron chi connectivity index (χ1n) is 7.88. The maximum Gasteiger partial charge on any atom is 0.221 e. The molecular weight excluding hydrogens is 256 g/mol. The molecule has 0 bridgehead atoms. The molecule has 0 aromatic rings. The zero-order chi connectivity index (χ0) is 14.3. The first-order valence-corrected chi connectivity index (χ1v) is 7.88. The zero-order valence-electron chi connectivity index (χ0n) is 12.6. The quantitative estimate of drug-likeness (QED) is 0.658. The van der Waals surface area contributed by atoms with Crippen molar-refractivity contribution in [2.24, 2.45) is 0 Å². The molecule has 5 nitrogen and oxygen atoms in total. The minimum Gasteiger partial charge on any atom is -0.383 e. The lowest BCUT2D eigenvalue weighted by molar-refractivity contribution is -0.121. The average molecular weight is 284 g/mol. The Morgan fingerprint density at radius 3 is 2.85 bits per heavy atom. The Kier molecular flexibility index (Phi) is 6.26. The van der Waals surface area contributed by atoms with Gasteiger partial charge in [0, 0.05) is 33.2 Å². The molecule has 20 heavy (non-hydrogen) atoms. The molecule has 0 radical (unpaired) electrons. The van der Waals surface area contributed by atoms with Crippen molar-refractivity contribution in [2.45, 2.75) is 56.7 Å². The Hall–Kier alpha value is -0.650. The number of nitrogens with one attached hydrogen (secondary N) is 2. The van der Waals surface area contributed by atoms with Crippen LogP contribution in [0.1, 0.15) is 44.9 Å². The van der Waals surface area contributed by atoms with E-state index in [0.29, 0.717) is 32.2 Å². The van der Waals surface area contributed by atoms with E-state index < -0.39 is 0 Å². The van der Waals surface area contributed by atoms with Gasteiger partial charge in [-0.05, 0) is 25.7 Å². The fourth-order valence-corrected chi connectivity index (χ4v) is 3.27. The lowest BCUT2D eigenvalue weighted by Gasteiger charge is -2.23. The summed E-state index contributed by atoms with van der Waals surface area (Å²) in [5.74, 6) is 0.0779. The van der Waals surface area contributed by atoms with Crippen LogP contribution in [0.25, 0.3) is 0 Å². The molecular formula is C15H28N2O3. The van der Waals surface area contributed by atoms with Gasteiger partial charge in [0.1, 0.15) is 0 Å². The molecule has 0 aromatic heterocycles. The van der Waals surface area contributed by atoms with Crippen LogP contribution in [0.4, 0.5) is 0 Å². The Bertz CT molecular complexity index is 303. The van der Waals surface area contributed by atoms with Gasteiger partial charge < -0.3 is 20.1 Å². The minimum atomic E-state index is 0.0779. The highest BCUT2D eigenvalue weighted by Gasteiger charge is 2.41. The number of hydrogen-bond acceptors (Lipinski definition) is 4. The number of methoxy groups -OCH3 is 1. The largest absolute Gasteiger partial charge is 0.383 e. The monoisotopic (exact) mass is 284 g/mol. The molecule has 1 aliphatic carbocycles. The maximum absolute atomic E-state index is 11.5. The summed E-state index contributed by atoms with van der Waals surface area (Å²) in [6.07, 6.45) is 8.36. The number of amides is 1. The molecule has 0 aromatic carbocycles. The standard InChI is InChI=1S/C15H28N2O3/c1-19-11-10-17-14(18)5-9-16-12-13-4-8-15(20-13)6-2-3-7-15/h13,16H,2-12H2,1H3,(H,17,18). The van der Waals surface area contributed by atoms with Crippen LogP contribution in [-0.4, -0.2) is 51.0 Å². The van der Waals surface area contributed by atoms with E-state index in [4.69, 9.17) is 9.47 Å². The van der Waals surface area contributed by atoms with Gasteiger partial charge in [0.25, 0.3) is 0 Å². The summed E-state index contributed by atoms with van der Waals surface area (Å²) in [5, 5.41) is 6.15. The molecule has 1 unspecified atom stereocenters. The molecule has 1 aliphatic heterocycles. The van der Waals surface area contributed by atoms with Gasteiger partial charge in [-0.25, -0.2) is 0 Å². The van der Waals surface area contributed by atoms with Crippen LogP contribution in [0.15, 0.2) is 0 Å². The molecule has 1 spiro atoms. The molecule has 2 N–H and O–H groups in total. The molecule has 2 rings (SSSR count). The van der Waals surface area contributed by atoms with Crippen molar-refractivity contribution in [1.29, 1.82) is 0 Å². The normalized spacial score (nSPS) is 24.4. The highest BCUT2D eigenvalue weighted by atomic mass is 16.5. The van der Waals surface area contributed by atoms with E-state index >= 15 is 0 Å². The van der Waals surface area contributed by atoms with Gasteiger partial charge in [0.2, 0.25) is 5.91 Å². The van der Waals surface area contributed by atoms with Gasteiger partial charge >= 0.3 is 0 Å². The van der Waals surface area contributed by atoms with Crippen LogP contribution in [-0.2, 0) is 14.3 Å². The van der Waals surface area contributed by atoms with E-state index in [1.165, 1.54) is 32.1 Å². The van der Waals surface area contributed by atoms with Gasteiger partial charge in [0.15, 0.2) is 0 Å². The highest BCUT2D eigenvalue weighted by Crippen LogP contribution is 2.43. The first-order chi connectivity index (χ1) is 9.74. The molecule has 1 atom stereocenters. The summed E-state index contributed by atoms with van der Waals surface area (Å²) in [5.41, 5.74) is 0.212. The van der Waals surface area contributed by atoms with Crippen molar-refractivity contribution < 1.29 is 14.3 Å². The molecule has 116 valence electrons. The van der Waals surface area contributed by atoms with Gasteiger partial charge in [-0.2, -0.15) is 0 Å². The summed E-state index contributed by atoms with van der Waals surface area (Å²) in [6.45, 7) is 2.74. The van der Waals surface area contributed by atoms with E-state index in [0.717, 1.165) is 13.0 Å². The summed E-state index contributed by atoms with van der Waals surface area (Å²) in [4.78, 5) is 11.5. The Balaban J connectivity index is 1.50. The van der Waals surface area contributed by atoms with Gasteiger partial charge in [-0.1, -0.05) is 12.8 Å². The summed E-state index contributed by atoms with van der Waals surface area (Å²) < 4.78 is 11.1. The number of ether oxygens (including phenoxy) is 2. The number of carbonyl (C=O) groups excluding carboxylic acids is 1. The molecule has 2 aliphatic rings. The Morgan fingerprint density at radius 2 is 2.10 bits per heavy atom. The predicted octanol–water partition coefficient (Wildman–Crippen LogP) is 1.22. The summed E-state index contributed by atoms with van der Waals surface area (Å²) in [6, 6.07) is 0. The van der Waals surface area contributed by atoms with E-state index in [1.54, 1.807) is 7.11 Å². The zero-order valence-corrected chi connectivity index (χ0v) is 12.6. The van der Waals surface area contributed by atoms with Crippen molar-refractivity contribution in [3.63, 3.8) is 0 Å². The smallest absolute Gasteiger partial charge is 0.221 e. The van der Waals surface area contributed by atoms with Crippen molar-refractivity contribution in [3.05, 3.63) is 0 Å². The summed E-state index contributed by atoms with van der Waals surface area (Å²) in [7, 11) is 1.63. The second-order valence-corrected chi connectivity index (χ2v) is 5.97. The van der Waals surface area contributed by atoms with Gasteiger partial charge in [-0.15, -0.1) is 0 Å². The third-order valence-corrected chi connectivity index (χ3v) is 4.38. The van der Waals surface area contributed by atoms with E-state index in [2.05, 4.69) is 10.6 Å². The molecule has 2 fully saturated rings. The predicted molar refractivity (Wildman–Crippen MR) is 77.7 cm³/mol. The topological polar surface area (TPSA) is 59.6 Å². The van der Waals surface area contributed by atoms with Crippen molar-refractivity contribution >= 4 is 5.91 Å². The van der Waals surface area contributed by atoms with Crippen molar-refractivity contribution in [1.82, 2.24) is 10.6 Å². The second kappa shape index (κ2) is 7.96. The lowest BCUT2D eigenvalue weighted by atomic mass is 9.98. The number of rotatable bonds is 8. The third kappa shape index (κ3) is 4.72. The van der Waals surface area contributed by atoms with Crippen molar-refractivity contribution in [3.8, 4) is 0 Å². The summed E-state index contributed by atoms with van der Waals surface area (Å²) >= 11 is 0. The van der Waals surface area contributed by atoms with Crippen LogP contribution in [0.2, 0.25) is 0 Å². The van der Waals surface area contributed by atoms with Gasteiger partial charge in [-0.3, -0.25) is 4.79 Å². The second-order valence-electron chi connectivity index (χ2n) is 5.97. The van der Waals surface area contributed by atoms with Gasteiger partial charge in [0.05, 0.1) is 18.3 Å². The van der Waals surface area contributed by atoms with Crippen LogP contribution in [0.5, 0.6) is 0 Å². The van der Waals surface area contributed by atoms with E-state index in [9.17, 15) is 4.79 Å². The molecule has 1 saturated heterocycles. The molecule has 1 amide bonds.